The van der Waals surface area contributed by atoms with Crippen molar-refractivity contribution in [2.24, 2.45) is 11.1 Å². The Kier molecular flexibility index (Phi) is 5.33. The molecular weight excluding hydrogens is 258 g/mol. The van der Waals surface area contributed by atoms with Gasteiger partial charge in [0.25, 0.3) is 0 Å². The highest BCUT2D eigenvalue weighted by molar-refractivity contribution is 7.80. The van der Waals surface area contributed by atoms with Gasteiger partial charge in [0.05, 0.1) is 10.4 Å². The lowest BCUT2D eigenvalue weighted by Gasteiger charge is -2.37. The fraction of sp³-hybridized carbons (Fsp3) is 0.857. The molecule has 1 fully saturated rings. The molecule has 3 N–H and O–H groups in total. The molecule has 19 heavy (non-hydrogen) atoms. The molecule has 1 rings (SSSR count). The maximum absolute atomic E-state index is 12.5. The highest BCUT2D eigenvalue weighted by atomic mass is 32.1. The SMILES string of the molecule is CN(C)C(C)(C)CNC(=O)C1(C(N)=S)CCCCC1. The minimum atomic E-state index is -0.615. The fourth-order valence-electron chi connectivity index (χ4n) is 2.36. The molecule has 0 atom stereocenters. The average Bonchev–Trinajstić information content (AvgIpc) is 2.36. The maximum Gasteiger partial charge on any atom is 0.233 e. The summed E-state index contributed by atoms with van der Waals surface area (Å²) < 4.78 is 0. The predicted octanol–water partition coefficient (Wildman–Crippen LogP) is 1.68. The summed E-state index contributed by atoms with van der Waals surface area (Å²) in [6, 6.07) is 0. The normalized spacial score (nSPS) is 19.2. The van der Waals surface area contributed by atoms with Crippen LogP contribution in [-0.2, 0) is 4.79 Å². The van der Waals surface area contributed by atoms with Gasteiger partial charge in [-0.2, -0.15) is 0 Å². The molecule has 1 amide bonds. The molecular formula is C14H27N3OS. The number of thiocarbonyl (C=S) groups is 1. The van der Waals surface area contributed by atoms with E-state index >= 15 is 0 Å². The lowest BCUT2D eigenvalue weighted by molar-refractivity contribution is -0.129. The van der Waals surface area contributed by atoms with E-state index in [0.717, 1.165) is 25.7 Å². The number of nitrogens with two attached hydrogens (primary N) is 1. The summed E-state index contributed by atoms with van der Waals surface area (Å²) in [7, 11) is 4.02. The molecule has 0 aliphatic heterocycles. The molecule has 1 saturated carbocycles. The molecule has 0 aromatic carbocycles. The first-order valence-electron chi connectivity index (χ1n) is 6.98. The van der Waals surface area contributed by atoms with Gasteiger partial charge in [-0.3, -0.25) is 4.79 Å². The fourth-order valence-corrected chi connectivity index (χ4v) is 2.66. The van der Waals surface area contributed by atoms with Gasteiger partial charge in [-0.05, 0) is 40.8 Å². The third kappa shape index (κ3) is 3.66. The van der Waals surface area contributed by atoms with Crippen LogP contribution >= 0.6 is 12.2 Å². The second-order valence-electron chi connectivity index (χ2n) is 6.40. The van der Waals surface area contributed by atoms with Gasteiger partial charge in [-0.25, -0.2) is 0 Å². The molecule has 0 spiro atoms. The first kappa shape index (κ1) is 16.4. The van der Waals surface area contributed by atoms with E-state index in [-0.39, 0.29) is 11.4 Å². The van der Waals surface area contributed by atoms with Crippen molar-refractivity contribution in [3.63, 3.8) is 0 Å². The minimum Gasteiger partial charge on any atom is -0.392 e. The highest BCUT2D eigenvalue weighted by Crippen LogP contribution is 2.37. The summed E-state index contributed by atoms with van der Waals surface area (Å²) in [5.41, 5.74) is 5.17. The Morgan fingerprint density at radius 3 is 2.26 bits per heavy atom. The van der Waals surface area contributed by atoms with Crippen LogP contribution in [0.25, 0.3) is 0 Å². The van der Waals surface area contributed by atoms with Crippen LogP contribution in [0, 0.1) is 5.41 Å². The van der Waals surface area contributed by atoms with Crippen molar-refractivity contribution in [1.82, 2.24) is 10.2 Å². The number of nitrogens with zero attached hydrogens (tertiary/aromatic N) is 1. The van der Waals surface area contributed by atoms with E-state index in [2.05, 4.69) is 24.1 Å². The molecule has 0 saturated heterocycles. The summed E-state index contributed by atoms with van der Waals surface area (Å²) in [5, 5.41) is 3.05. The molecule has 0 bridgehead atoms. The van der Waals surface area contributed by atoms with Crippen LogP contribution in [-0.4, -0.2) is 42.0 Å². The predicted molar refractivity (Wildman–Crippen MR) is 83.1 cm³/mol. The Labute approximate surface area is 122 Å². The van der Waals surface area contributed by atoms with E-state index in [4.69, 9.17) is 18.0 Å². The number of likely N-dealkylation sites (N-methyl/N-ethyl adjacent to an activating group) is 1. The maximum atomic E-state index is 12.5. The van der Waals surface area contributed by atoms with E-state index < -0.39 is 5.41 Å². The number of carbonyl (C=O) groups excluding carboxylic acids is 1. The molecule has 0 aromatic heterocycles. The van der Waals surface area contributed by atoms with Crippen molar-refractivity contribution in [1.29, 1.82) is 0 Å². The van der Waals surface area contributed by atoms with Crippen molar-refractivity contribution in [2.45, 2.75) is 51.5 Å². The number of rotatable bonds is 5. The quantitative estimate of drug-likeness (QED) is 0.755. The van der Waals surface area contributed by atoms with Gasteiger partial charge in [0.2, 0.25) is 5.91 Å². The third-order valence-electron chi connectivity index (χ3n) is 4.51. The van der Waals surface area contributed by atoms with Gasteiger partial charge in [0, 0.05) is 12.1 Å². The number of hydrogen-bond donors (Lipinski definition) is 2. The summed E-state index contributed by atoms with van der Waals surface area (Å²) in [4.78, 5) is 15.0. The highest BCUT2D eigenvalue weighted by Gasteiger charge is 2.42. The third-order valence-corrected chi connectivity index (χ3v) is 4.90. The van der Waals surface area contributed by atoms with Crippen molar-refractivity contribution in [3.05, 3.63) is 0 Å². The largest absolute Gasteiger partial charge is 0.392 e. The number of carbonyl (C=O) groups is 1. The Bertz CT molecular complexity index is 347. The van der Waals surface area contributed by atoms with Crippen molar-refractivity contribution in [3.8, 4) is 0 Å². The zero-order valence-corrected chi connectivity index (χ0v) is 13.4. The molecule has 0 aromatic rings. The molecule has 5 heteroatoms. The van der Waals surface area contributed by atoms with Gasteiger partial charge in [-0.1, -0.05) is 31.5 Å². The molecule has 0 unspecified atom stereocenters. The topological polar surface area (TPSA) is 58.4 Å². The monoisotopic (exact) mass is 285 g/mol. The second-order valence-corrected chi connectivity index (χ2v) is 6.84. The molecule has 0 radical (unpaired) electrons. The van der Waals surface area contributed by atoms with Gasteiger partial charge in [-0.15, -0.1) is 0 Å². The molecule has 4 nitrogen and oxygen atoms in total. The van der Waals surface area contributed by atoms with E-state index in [1.165, 1.54) is 6.42 Å². The summed E-state index contributed by atoms with van der Waals surface area (Å²) in [6.07, 6.45) is 4.80. The van der Waals surface area contributed by atoms with E-state index in [9.17, 15) is 4.79 Å². The first-order chi connectivity index (χ1) is 8.72. The molecule has 0 heterocycles. The average molecular weight is 285 g/mol. The molecule has 1 aliphatic rings. The molecule has 1 aliphatic carbocycles. The van der Waals surface area contributed by atoms with Crippen LogP contribution in [0.3, 0.4) is 0 Å². The Morgan fingerprint density at radius 1 is 1.32 bits per heavy atom. The Balaban J connectivity index is 2.72. The minimum absolute atomic E-state index is 0.00891. The van der Waals surface area contributed by atoms with Crippen molar-refractivity contribution in [2.75, 3.05) is 20.6 Å². The first-order valence-corrected chi connectivity index (χ1v) is 7.39. The second kappa shape index (κ2) is 6.18. The van der Waals surface area contributed by atoms with Crippen LogP contribution in [0.15, 0.2) is 0 Å². The Morgan fingerprint density at radius 2 is 1.84 bits per heavy atom. The summed E-state index contributed by atoms with van der Waals surface area (Å²) in [6.45, 7) is 4.80. The van der Waals surface area contributed by atoms with Crippen LogP contribution < -0.4 is 11.1 Å². The Hall–Kier alpha value is -0.680. The van der Waals surface area contributed by atoms with Gasteiger partial charge in [0.1, 0.15) is 0 Å². The van der Waals surface area contributed by atoms with Crippen LogP contribution in [0.4, 0.5) is 0 Å². The van der Waals surface area contributed by atoms with Crippen LogP contribution in [0.5, 0.6) is 0 Å². The van der Waals surface area contributed by atoms with E-state index in [0.29, 0.717) is 11.5 Å². The smallest absolute Gasteiger partial charge is 0.233 e. The molecule has 110 valence electrons. The van der Waals surface area contributed by atoms with Gasteiger partial charge < -0.3 is 16.0 Å². The number of amides is 1. The van der Waals surface area contributed by atoms with E-state index in [1.54, 1.807) is 0 Å². The van der Waals surface area contributed by atoms with Gasteiger partial charge in [0.15, 0.2) is 0 Å². The standard InChI is InChI=1S/C14H27N3OS/c1-13(2,17(3)4)10-16-12(18)14(11(15)19)8-6-5-7-9-14/h5-10H2,1-4H3,(H2,15,19)(H,16,18). The van der Waals surface area contributed by atoms with Gasteiger partial charge >= 0.3 is 0 Å². The summed E-state index contributed by atoms with van der Waals surface area (Å²) in [5.74, 6) is 0.00891. The lowest BCUT2D eigenvalue weighted by atomic mass is 9.73. The number of hydrogen-bond acceptors (Lipinski definition) is 3. The zero-order chi connectivity index (χ0) is 14.7. The zero-order valence-electron chi connectivity index (χ0n) is 12.6. The van der Waals surface area contributed by atoms with Crippen LogP contribution in [0.2, 0.25) is 0 Å². The van der Waals surface area contributed by atoms with Crippen molar-refractivity contribution >= 4 is 23.1 Å². The van der Waals surface area contributed by atoms with Crippen molar-refractivity contribution < 1.29 is 4.79 Å². The summed E-state index contributed by atoms with van der Waals surface area (Å²) >= 11 is 5.17. The number of nitrogens with one attached hydrogen (secondary N) is 1. The van der Waals surface area contributed by atoms with E-state index in [1.807, 2.05) is 14.1 Å². The lowest BCUT2D eigenvalue weighted by Crippen LogP contribution is -2.55. The van der Waals surface area contributed by atoms with Crippen LogP contribution in [0.1, 0.15) is 46.0 Å².